The third-order valence-electron chi connectivity index (χ3n) is 2.39. The van der Waals surface area contributed by atoms with Gasteiger partial charge in [0.2, 0.25) is 5.88 Å². The van der Waals surface area contributed by atoms with E-state index < -0.39 is 6.04 Å². The Morgan fingerprint density at radius 1 is 1.41 bits per heavy atom. The number of aryl methyl sites for hydroxylation is 1. The first-order valence-electron chi connectivity index (χ1n) is 4.99. The van der Waals surface area contributed by atoms with Crippen LogP contribution in [-0.2, 0) is 0 Å². The van der Waals surface area contributed by atoms with Crippen molar-refractivity contribution in [3.8, 4) is 5.88 Å². The van der Waals surface area contributed by atoms with Gasteiger partial charge in [-0.1, -0.05) is 11.6 Å². The molecule has 2 rings (SSSR count). The highest BCUT2D eigenvalue weighted by Crippen LogP contribution is 2.35. The van der Waals surface area contributed by atoms with Crippen molar-refractivity contribution in [1.29, 1.82) is 0 Å². The number of nitrogens with two attached hydrogens (primary N) is 1. The molecular formula is C11H12ClN3OS. The quantitative estimate of drug-likeness (QED) is 0.930. The molecule has 0 aromatic carbocycles. The number of ether oxygens (including phenoxy) is 1. The minimum atomic E-state index is -0.412. The van der Waals surface area contributed by atoms with Crippen LogP contribution in [0.4, 0.5) is 0 Å². The van der Waals surface area contributed by atoms with Crippen LogP contribution in [0.1, 0.15) is 22.2 Å². The second-order valence-electron chi connectivity index (χ2n) is 3.53. The molecular weight excluding hydrogens is 258 g/mol. The molecule has 0 aliphatic heterocycles. The highest BCUT2D eigenvalue weighted by molar-refractivity contribution is 7.10. The summed E-state index contributed by atoms with van der Waals surface area (Å²) in [6.45, 7) is 1.95. The first-order chi connectivity index (χ1) is 8.15. The maximum Gasteiger partial charge on any atom is 0.237 e. The summed E-state index contributed by atoms with van der Waals surface area (Å²) in [6.07, 6.45) is 3.16. The highest BCUT2D eigenvalue weighted by atomic mass is 35.5. The second-order valence-corrected chi connectivity index (χ2v) is 4.81. The SMILES string of the molecule is COc1nccnc1C(N)c1scc(C)c1Cl. The molecule has 0 amide bonds. The largest absolute Gasteiger partial charge is 0.480 e. The van der Waals surface area contributed by atoms with Crippen molar-refractivity contribution in [2.45, 2.75) is 13.0 Å². The zero-order valence-electron chi connectivity index (χ0n) is 9.48. The van der Waals surface area contributed by atoms with Gasteiger partial charge < -0.3 is 10.5 Å². The van der Waals surface area contributed by atoms with Gasteiger partial charge in [-0.15, -0.1) is 11.3 Å². The van der Waals surface area contributed by atoms with Crippen LogP contribution >= 0.6 is 22.9 Å². The number of aromatic nitrogens is 2. The Morgan fingerprint density at radius 2 is 2.12 bits per heavy atom. The number of methoxy groups -OCH3 is 1. The lowest BCUT2D eigenvalue weighted by Crippen LogP contribution is -2.14. The highest BCUT2D eigenvalue weighted by Gasteiger charge is 2.21. The Balaban J connectivity index is 2.43. The summed E-state index contributed by atoms with van der Waals surface area (Å²) >= 11 is 7.71. The van der Waals surface area contributed by atoms with Gasteiger partial charge in [0, 0.05) is 17.3 Å². The van der Waals surface area contributed by atoms with Crippen molar-refractivity contribution in [3.63, 3.8) is 0 Å². The average molecular weight is 270 g/mol. The summed E-state index contributed by atoms with van der Waals surface area (Å²) in [4.78, 5) is 9.17. The molecule has 1 unspecified atom stereocenters. The van der Waals surface area contributed by atoms with Crippen LogP contribution in [0.5, 0.6) is 5.88 Å². The molecule has 0 saturated carbocycles. The summed E-state index contributed by atoms with van der Waals surface area (Å²) in [7, 11) is 1.54. The Hall–Kier alpha value is -1.17. The fourth-order valence-electron chi connectivity index (χ4n) is 1.49. The van der Waals surface area contributed by atoms with Crippen LogP contribution in [-0.4, -0.2) is 17.1 Å². The van der Waals surface area contributed by atoms with Crippen LogP contribution in [0.3, 0.4) is 0 Å². The van der Waals surface area contributed by atoms with Gasteiger partial charge in [0.05, 0.1) is 18.2 Å². The van der Waals surface area contributed by atoms with Gasteiger partial charge in [0.1, 0.15) is 5.69 Å². The molecule has 2 aromatic heterocycles. The van der Waals surface area contributed by atoms with Gasteiger partial charge in [0.25, 0.3) is 0 Å². The molecule has 17 heavy (non-hydrogen) atoms. The molecule has 2 aromatic rings. The molecule has 0 bridgehead atoms. The minimum Gasteiger partial charge on any atom is -0.480 e. The van der Waals surface area contributed by atoms with E-state index in [1.165, 1.54) is 11.3 Å². The maximum atomic E-state index is 6.19. The van der Waals surface area contributed by atoms with Gasteiger partial charge in [-0.2, -0.15) is 0 Å². The first-order valence-corrected chi connectivity index (χ1v) is 6.25. The Bertz CT molecular complexity index is 529. The van der Waals surface area contributed by atoms with Crippen molar-refractivity contribution in [1.82, 2.24) is 9.97 Å². The minimum absolute atomic E-state index is 0.412. The lowest BCUT2D eigenvalue weighted by Gasteiger charge is -2.12. The van der Waals surface area contributed by atoms with Gasteiger partial charge in [0.15, 0.2) is 0 Å². The molecule has 2 heterocycles. The molecule has 0 fully saturated rings. The van der Waals surface area contributed by atoms with Gasteiger partial charge in [-0.25, -0.2) is 4.98 Å². The molecule has 2 N–H and O–H groups in total. The molecule has 6 heteroatoms. The number of halogens is 1. The Labute approximate surface area is 108 Å². The number of hydrogen-bond acceptors (Lipinski definition) is 5. The van der Waals surface area contributed by atoms with E-state index in [1.54, 1.807) is 19.5 Å². The van der Waals surface area contributed by atoms with E-state index in [4.69, 9.17) is 22.1 Å². The normalized spacial score (nSPS) is 12.5. The molecule has 0 saturated heterocycles. The van der Waals surface area contributed by atoms with Gasteiger partial charge >= 0.3 is 0 Å². The summed E-state index contributed by atoms with van der Waals surface area (Å²) in [6, 6.07) is -0.412. The summed E-state index contributed by atoms with van der Waals surface area (Å²) in [5.74, 6) is 0.433. The van der Waals surface area contributed by atoms with Gasteiger partial charge in [-0.05, 0) is 17.9 Å². The van der Waals surface area contributed by atoms with Crippen LogP contribution in [0.2, 0.25) is 5.02 Å². The zero-order valence-corrected chi connectivity index (χ0v) is 11.0. The topological polar surface area (TPSA) is 61.0 Å². The predicted octanol–water partition coefficient (Wildman–Crippen LogP) is 2.56. The molecule has 90 valence electrons. The van der Waals surface area contributed by atoms with E-state index in [1.807, 2.05) is 12.3 Å². The maximum absolute atomic E-state index is 6.19. The smallest absolute Gasteiger partial charge is 0.237 e. The van der Waals surface area contributed by atoms with E-state index in [2.05, 4.69) is 9.97 Å². The first kappa shape index (κ1) is 12.3. The summed E-state index contributed by atoms with van der Waals surface area (Å²) < 4.78 is 5.14. The van der Waals surface area contributed by atoms with Crippen molar-refractivity contribution in [2.24, 2.45) is 5.73 Å². The van der Waals surface area contributed by atoms with E-state index in [9.17, 15) is 0 Å². The third kappa shape index (κ3) is 2.26. The molecule has 0 spiro atoms. The fraction of sp³-hybridized carbons (Fsp3) is 0.273. The van der Waals surface area contributed by atoms with Crippen LogP contribution in [0, 0.1) is 6.92 Å². The van der Waals surface area contributed by atoms with Crippen molar-refractivity contribution in [3.05, 3.63) is 38.9 Å². The Morgan fingerprint density at radius 3 is 2.71 bits per heavy atom. The van der Waals surface area contributed by atoms with Crippen LogP contribution in [0.25, 0.3) is 0 Å². The number of hydrogen-bond donors (Lipinski definition) is 1. The predicted molar refractivity (Wildman–Crippen MR) is 68.7 cm³/mol. The lowest BCUT2D eigenvalue weighted by atomic mass is 10.1. The van der Waals surface area contributed by atoms with E-state index in [0.29, 0.717) is 16.6 Å². The van der Waals surface area contributed by atoms with Crippen molar-refractivity contribution in [2.75, 3.05) is 7.11 Å². The van der Waals surface area contributed by atoms with Crippen molar-refractivity contribution >= 4 is 22.9 Å². The molecule has 0 radical (unpaired) electrons. The molecule has 0 aliphatic carbocycles. The van der Waals surface area contributed by atoms with Gasteiger partial charge in [-0.3, -0.25) is 4.98 Å². The average Bonchev–Trinajstić information content (AvgIpc) is 2.69. The molecule has 4 nitrogen and oxygen atoms in total. The van der Waals surface area contributed by atoms with Crippen LogP contribution in [0.15, 0.2) is 17.8 Å². The standard InChI is InChI=1S/C11H12ClN3OS/c1-6-5-17-10(7(6)12)8(13)9-11(16-2)15-4-3-14-9/h3-5,8H,13H2,1-2H3. The summed E-state index contributed by atoms with van der Waals surface area (Å²) in [5, 5.41) is 2.66. The molecule has 0 aliphatic rings. The van der Waals surface area contributed by atoms with E-state index in [0.717, 1.165) is 10.4 Å². The van der Waals surface area contributed by atoms with E-state index in [-0.39, 0.29) is 0 Å². The molecule has 1 atom stereocenters. The number of thiophene rings is 1. The lowest BCUT2D eigenvalue weighted by molar-refractivity contribution is 0.387. The fourth-order valence-corrected chi connectivity index (χ4v) is 2.81. The summed E-state index contributed by atoms with van der Waals surface area (Å²) in [5.41, 5.74) is 7.76. The third-order valence-corrected chi connectivity index (χ3v) is 4.18. The number of nitrogens with zero attached hydrogens (tertiary/aromatic N) is 2. The second kappa shape index (κ2) is 5.00. The van der Waals surface area contributed by atoms with Crippen LogP contribution < -0.4 is 10.5 Å². The number of rotatable bonds is 3. The van der Waals surface area contributed by atoms with E-state index >= 15 is 0 Å². The van der Waals surface area contributed by atoms with Crippen molar-refractivity contribution < 1.29 is 4.74 Å². The monoisotopic (exact) mass is 269 g/mol. The Kier molecular flexibility index (Phi) is 3.61. The zero-order chi connectivity index (χ0) is 12.4.